The first kappa shape index (κ1) is 26.0. The van der Waals surface area contributed by atoms with Gasteiger partial charge in [0.25, 0.3) is 0 Å². The Kier molecular flexibility index (Phi) is 8.01. The molecule has 0 amide bonds. The third-order valence-electron chi connectivity index (χ3n) is 8.47. The number of methoxy groups -OCH3 is 1. The maximum absolute atomic E-state index is 11.7. The Morgan fingerprint density at radius 3 is 2.41 bits per heavy atom. The van der Waals surface area contributed by atoms with Crippen LogP contribution in [0, 0.1) is 17.8 Å². The Labute approximate surface area is 220 Å². The quantitative estimate of drug-likeness (QED) is 0.110. The predicted molar refractivity (Wildman–Crippen MR) is 147 cm³/mol. The van der Waals surface area contributed by atoms with E-state index in [1.807, 2.05) is 19.9 Å². The van der Waals surface area contributed by atoms with E-state index in [1.54, 1.807) is 7.11 Å². The summed E-state index contributed by atoms with van der Waals surface area (Å²) < 4.78 is 22.1. The van der Waals surface area contributed by atoms with Gasteiger partial charge in [-0.3, -0.25) is 0 Å². The van der Waals surface area contributed by atoms with E-state index in [0.717, 1.165) is 40.0 Å². The fourth-order valence-corrected chi connectivity index (χ4v) is 7.33. The molecule has 0 N–H and O–H groups in total. The number of ether oxygens (including phenoxy) is 4. The lowest BCUT2D eigenvalue weighted by atomic mass is 9.48. The third-order valence-corrected chi connectivity index (χ3v) is 8.47. The van der Waals surface area contributed by atoms with Crippen molar-refractivity contribution in [1.29, 1.82) is 0 Å². The van der Waals surface area contributed by atoms with Gasteiger partial charge in [-0.15, -0.1) is 0 Å². The highest BCUT2D eigenvalue weighted by Gasteiger charge is 2.52. The standard InChI is InChI=1S/C32H40O5/c1-4-36-31(33)11-22(2)5-6-23-7-8-27-17-30(37-21-35-10-9-34-3)29(16-28(27)15-23)32-18-24-12-25(19-32)14-26(13-24)20-32/h5-8,11,15-17,24-26H,4,9-10,12-14,18-21H2,1-3H3/b6-5+,22-11+. The van der Waals surface area contributed by atoms with E-state index in [9.17, 15) is 4.79 Å². The average molecular weight is 505 g/mol. The second-order valence-electron chi connectivity index (χ2n) is 11.3. The summed E-state index contributed by atoms with van der Waals surface area (Å²) in [6, 6.07) is 11.1. The second-order valence-corrected chi connectivity index (χ2v) is 11.3. The highest BCUT2D eigenvalue weighted by molar-refractivity contribution is 5.88. The minimum absolute atomic E-state index is 0.218. The Bertz CT molecular complexity index is 1140. The van der Waals surface area contributed by atoms with E-state index in [2.05, 4.69) is 36.4 Å². The van der Waals surface area contributed by atoms with Gasteiger partial charge < -0.3 is 18.9 Å². The molecular formula is C32H40O5. The summed E-state index contributed by atoms with van der Waals surface area (Å²) in [5.74, 6) is 3.24. The molecule has 0 saturated heterocycles. The highest BCUT2D eigenvalue weighted by Crippen LogP contribution is 2.62. The van der Waals surface area contributed by atoms with Crippen molar-refractivity contribution in [1.82, 2.24) is 0 Å². The van der Waals surface area contributed by atoms with Gasteiger partial charge in [-0.2, -0.15) is 0 Å². The normalized spacial score (nSPS) is 26.8. The predicted octanol–water partition coefficient (Wildman–Crippen LogP) is 6.83. The Hall–Kier alpha value is -2.63. The minimum atomic E-state index is -0.304. The fraction of sp³-hybridized carbons (Fsp3) is 0.531. The molecule has 4 aliphatic carbocycles. The van der Waals surface area contributed by atoms with Crippen LogP contribution in [0.1, 0.15) is 63.5 Å². The summed E-state index contributed by atoms with van der Waals surface area (Å²) in [6.07, 6.45) is 13.6. The number of benzene rings is 2. The molecule has 4 fully saturated rings. The molecule has 0 aliphatic heterocycles. The van der Waals surface area contributed by atoms with Crippen LogP contribution in [0.2, 0.25) is 0 Å². The molecule has 5 heteroatoms. The lowest BCUT2D eigenvalue weighted by Gasteiger charge is -2.57. The number of carbonyl (C=O) groups excluding carboxylic acids is 1. The molecule has 198 valence electrons. The van der Waals surface area contributed by atoms with Gasteiger partial charge in [0.15, 0.2) is 6.79 Å². The van der Waals surface area contributed by atoms with Crippen LogP contribution in [0.25, 0.3) is 16.8 Å². The van der Waals surface area contributed by atoms with Crippen molar-refractivity contribution in [2.75, 3.05) is 33.7 Å². The topological polar surface area (TPSA) is 54.0 Å². The van der Waals surface area contributed by atoms with Crippen LogP contribution in [0.5, 0.6) is 5.75 Å². The van der Waals surface area contributed by atoms with Crippen LogP contribution >= 0.6 is 0 Å². The molecule has 2 aromatic rings. The van der Waals surface area contributed by atoms with Crippen LogP contribution in [0.4, 0.5) is 0 Å². The lowest BCUT2D eigenvalue weighted by molar-refractivity contribution is -0.137. The highest BCUT2D eigenvalue weighted by atomic mass is 16.7. The maximum atomic E-state index is 11.7. The number of esters is 1. The Balaban J connectivity index is 1.45. The van der Waals surface area contributed by atoms with Gasteiger partial charge in [0.1, 0.15) is 5.75 Å². The lowest BCUT2D eigenvalue weighted by Crippen LogP contribution is -2.48. The number of fused-ring (bicyclic) bond motifs is 1. The first-order valence-corrected chi connectivity index (χ1v) is 13.8. The molecule has 4 bridgehead atoms. The van der Waals surface area contributed by atoms with Gasteiger partial charge in [-0.05, 0) is 116 Å². The number of hydrogen-bond acceptors (Lipinski definition) is 5. The largest absolute Gasteiger partial charge is 0.467 e. The summed E-state index contributed by atoms with van der Waals surface area (Å²) in [5, 5.41) is 2.39. The van der Waals surface area contributed by atoms with Gasteiger partial charge in [-0.1, -0.05) is 24.3 Å². The molecule has 37 heavy (non-hydrogen) atoms. The van der Waals surface area contributed by atoms with E-state index in [4.69, 9.17) is 18.9 Å². The number of hydrogen-bond donors (Lipinski definition) is 0. The van der Waals surface area contributed by atoms with Crippen LogP contribution in [0.3, 0.4) is 0 Å². The van der Waals surface area contributed by atoms with Crippen LogP contribution in [0.15, 0.2) is 48.1 Å². The first-order valence-electron chi connectivity index (χ1n) is 13.8. The van der Waals surface area contributed by atoms with Crippen LogP contribution in [-0.4, -0.2) is 39.7 Å². The summed E-state index contributed by atoms with van der Waals surface area (Å²) >= 11 is 0. The van der Waals surface area contributed by atoms with E-state index < -0.39 is 0 Å². The van der Waals surface area contributed by atoms with E-state index in [0.29, 0.717) is 19.8 Å². The van der Waals surface area contributed by atoms with Crippen LogP contribution in [-0.2, 0) is 24.4 Å². The van der Waals surface area contributed by atoms with Crippen LogP contribution < -0.4 is 4.74 Å². The Morgan fingerprint density at radius 2 is 1.73 bits per heavy atom. The SMILES string of the molecule is CCOC(=O)/C=C(C)/C=C/c1ccc2cc(OCOCCOC)c(C34CC5CC(CC(C5)C3)C4)cc2c1. The zero-order valence-corrected chi connectivity index (χ0v) is 22.5. The average Bonchev–Trinajstić information content (AvgIpc) is 2.86. The summed E-state index contributed by atoms with van der Waals surface area (Å²) in [6.45, 7) is 5.44. The van der Waals surface area contributed by atoms with Gasteiger partial charge >= 0.3 is 5.97 Å². The third kappa shape index (κ3) is 5.94. The van der Waals surface area contributed by atoms with Crippen molar-refractivity contribution < 1.29 is 23.7 Å². The van der Waals surface area contributed by atoms with Gasteiger partial charge in [0.2, 0.25) is 0 Å². The van der Waals surface area contributed by atoms with E-state index >= 15 is 0 Å². The van der Waals surface area contributed by atoms with Gasteiger partial charge in [-0.25, -0.2) is 4.79 Å². The second kappa shape index (κ2) is 11.4. The van der Waals surface area contributed by atoms with Crippen molar-refractivity contribution in [3.63, 3.8) is 0 Å². The molecule has 4 aliphatic rings. The summed E-state index contributed by atoms with van der Waals surface area (Å²) in [5.41, 5.74) is 3.56. The van der Waals surface area contributed by atoms with Crippen molar-refractivity contribution in [3.05, 3.63) is 59.2 Å². The molecule has 0 aromatic heterocycles. The van der Waals surface area contributed by atoms with Crippen molar-refractivity contribution >= 4 is 22.8 Å². The van der Waals surface area contributed by atoms with Gasteiger partial charge in [0.05, 0.1) is 19.8 Å². The molecule has 5 nitrogen and oxygen atoms in total. The molecule has 6 rings (SSSR count). The zero-order chi connectivity index (χ0) is 25.8. The Morgan fingerprint density at radius 1 is 1.00 bits per heavy atom. The number of allylic oxidation sites excluding steroid dienone is 2. The minimum Gasteiger partial charge on any atom is -0.467 e. The molecule has 0 heterocycles. The smallest absolute Gasteiger partial charge is 0.330 e. The van der Waals surface area contributed by atoms with Crippen molar-refractivity contribution in [3.8, 4) is 5.75 Å². The molecule has 0 atom stereocenters. The van der Waals surface area contributed by atoms with E-state index in [1.165, 1.54) is 55.6 Å². The molecule has 0 radical (unpaired) electrons. The summed E-state index contributed by atoms with van der Waals surface area (Å²) in [4.78, 5) is 11.7. The molecule has 0 spiro atoms. The van der Waals surface area contributed by atoms with Crippen molar-refractivity contribution in [2.24, 2.45) is 17.8 Å². The monoisotopic (exact) mass is 504 g/mol. The molecule has 4 saturated carbocycles. The van der Waals surface area contributed by atoms with Crippen molar-refractivity contribution in [2.45, 2.75) is 57.8 Å². The van der Waals surface area contributed by atoms with E-state index in [-0.39, 0.29) is 18.2 Å². The fourth-order valence-electron chi connectivity index (χ4n) is 7.33. The molecule has 2 aromatic carbocycles. The maximum Gasteiger partial charge on any atom is 0.330 e. The molecule has 0 unspecified atom stereocenters. The molecular weight excluding hydrogens is 464 g/mol. The number of rotatable bonds is 11. The number of carbonyl (C=O) groups is 1. The zero-order valence-electron chi connectivity index (χ0n) is 22.5. The van der Waals surface area contributed by atoms with Gasteiger partial charge in [0, 0.05) is 18.7 Å². The first-order chi connectivity index (χ1) is 18.0. The summed E-state index contributed by atoms with van der Waals surface area (Å²) in [7, 11) is 1.68.